The van der Waals surface area contributed by atoms with Crippen molar-refractivity contribution in [3.05, 3.63) is 0 Å². The van der Waals surface area contributed by atoms with Gasteiger partial charge in [0.15, 0.2) is 0 Å². The van der Waals surface area contributed by atoms with Crippen LogP contribution in [0.25, 0.3) is 0 Å². The maximum Gasteiger partial charge on any atom is 0.214 e. The molecule has 1 saturated heterocycles. The molecule has 0 unspecified atom stereocenters. The fourth-order valence-electron chi connectivity index (χ4n) is 3.05. The van der Waals surface area contributed by atoms with Crippen LogP contribution in [-0.2, 0) is 10.0 Å². The lowest BCUT2D eigenvalue weighted by atomic mass is 9.84. The van der Waals surface area contributed by atoms with Gasteiger partial charge in [-0.1, -0.05) is 19.3 Å². The summed E-state index contributed by atoms with van der Waals surface area (Å²) in [5, 5.41) is 3.17. The van der Waals surface area contributed by atoms with E-state index in [1.54, 1.807) is 4.31 Å². The third-order valence-electron chi connectivity index (χ3n) is 4.78. The normalized spacial score (nSPS) is 22.2. The molecule has 0 atom stereocenters. The maximum absolute atomic E-state index is 12.3. The summed E-state index contributed by atoms with van der Waals surface area (Å²) in [5.41, 5.74) is 0. The summed E-state index contributed by atoms with van der Waals surface area (Å²) in [5.74, 6) is 1.76. The van der Waals surface area contributed by atoms with Gasteiger partial charge in [-0.15, -0.1) is 12.4 Å². The maximum atomic E-state index is 12.3. The van der Waals surface area contributed by atoms with E-state index in [0.29, 0.717) is 17.6 Å². The molecular formula is C14H29ClN2O2S. The van der Waals surface area contributed by atoms with E-state index in [1.165, 1.54) is 25.7 Å². The lowest BCUT2D eigenvalue weighted by molar-refractivity contribution is 0.260. The van der Waals surface area contributed by atoms with Gasteiger partial charge >= 0.3 is 0 Å². The van der Waals surface area contributed by atoms with Gasteiger partial charge in [-0.25, -0.2) is 12.7 Å². The van der Waals surface area contributed by atoms with Crippen molar-refractivity contribution in [1.29, 1.82) is 0 Å². The molecule has 0 aromatic rings. The van der Waals surface area contributed by atoms with Crippen LogP contribution in [0, 0.1) is 11.8 Å². The third-order valence-corrected chi connectivity index (χ3v) is 6.68. The predicted molar refractivity (Wildman–Crippen MR) is 85.8 cm³/mol. The summed E-state index contributed by atoms with van der Waals surface area (Å²) in [6, 6.07) is 0. The van der Waals surface area contributed by atoms with E-state index < -0.39 is 10.0 Å². The Bertz CT molecular complexity index is 363. The molecule has 20 heavy (non-hydrogen) atoms. The number of nitrogens with one attached hydrogen (secondary N) is 1. The highest BCUT2D eigenvalue weighted by Crippen LogP contribution is 2.30. The van der Waals surface area contributed by atoms with E-state index in [-0.39, 0.29) is 12.4 Å². The quantitative estimate of drug-likeness (QED) is 0.781. The molecule has 2 rings (SSSR count). The molecule has 120 valence electrons. The first kappa shape index (κ1) is 18.2. The van der Waals surface area contributed by atoms with Gasteiger partial charge in [0.05, 0.1) is 5.75 Å². The highest BCUT2D eigenvalue weighted by Gasteiger charge is 2.29. The van der Waals surface area contributed by atoms with Gasteiger partial charge < -0.3 is 5.32 Å². The van der Waals surface area contributed by atoms with Crippen LogP contribution in [0.1, 0.15) is 44.9 Å². The molecule has 0 radical (unpaired) electrons. The predicted octanol–water partition coefficient (Wildman–Crippen LogP) is 2.25. The van der Waals surface area contributed by atoms with Gasteiger partial charge in [-0.2, -0.15) is 0 Å². The summed E-state index contributed by atoms with van der Waals surface area (Å²) in [4.78, 5) is 0. The number of piperidine rings is 1. The Balaban J connectivity index is 0.00000200. The van der Waals surface area contributed by atoms with Crippen LogP contribution in [-0.4, -0.2) is 45.2 Å². The van der Waals surface area contributed by atoms with Crippen LogP contribution in [0.15, 0.2) is 0 Å². The smallest absolute Gasteiger partial charge is 0.214 e. The van der Waals surface area contributed by atoms with E-state index >= 15 is 0 Å². The minimum absolute atomic E-state index is 0. The molecule has 0 aromatic carbocycles. The van der Waals surface area contributed by atoms with E-state index in [4.69, 9.17) is 0 Å². The Hall–Kier alpha value is 0.160. The standard InChI is InChI=1S/C14H28N2O2S.ClH/c1-15-9-5-14-6-10-16(11-7-14)19(17,18)12-8-13-3-2-4-13;/h13-15H,2-12H2,1H3;1H. The second-order valence-corrected chi connectivity index (χ2v) is 8.22. The molecule has 1 aliphatic heterocycles. The molecule has 4 nitrogen and oxygen atoms in total. The average molecular weight is 325 g/mol. The number of hydrogen-bond donors (Lipinski definition) is 1. The minimum Gasteiger partial charge on any atom is -0.320 e. The van der Waals surface area contributed by atoms with Crippen molar-refractivity contribution in [2.75, 3.05) is 32.4 Å². The van der Waals surface area contributed by atoms with Gasteiger partial charge in [0.2, 0.25) is 10.0 Å². The second-order valence-electron chi connectivity index (χ2n) is 6.14. The highest BCUT2D eigenvalue weighted by molar-refractivity contribution is 7.89. The number of rotatable bonds is 7. The van der Waals surface area contributed by atoms with Gasteiger partial charge in [-0.05, 0) is 51.1 Å². The highest BCUT2D eigenvalue weighted by atomic mass is 35.5. The van der Waals surface area contributed by atoms with Crippen LogP contribution < -0.4 is 5.32 Å². The average Bonchev–Trinajstić information content (AvgIpc) is 2.35. The molecule has 0 bridgehead atoms. The van der Waals surface area contributed by atoms with Crippen LogP contribution in [0.5, 0.6) is 0 Å². The van der Waals surface area contributed by atoms with Crippen molar-refractivity contribution < 1.29 is 8.42 Å². The second kappa shape index (κ2) is 8.57. The van der Waals surface area contributed by atoms with Crippen molar-refractivity contribution in [2.45, 2.75) is 44.9 Å². The molecule has 2 fully saturated rings. The van der Waals surface area contributed by atoms with Crippen molar-refractivity contribution in [3.63, 3.8) is 0 Å². The third kappa shape index (κ3) is 5.17. The monoisotopic (exact) mass is 324 g/mol. The van der Waals surface area contributed by atoms with Crippen LogP contribution in [0.2, 0.25) is 0 Å². The Morgan fingerprint density at radius 3 is 2.15 bits per heavy atom. The van der Waals surface area contributed by atoms with E-state index in [2.05, 4.69) is 5.32 Å². The first-order chi connectivity index (χ1) is 9.12. The number of sulfonamides is 1. The summed E-state index contributed by atoms with van der Waals surface area (Å²) < 4.78 is 26.3. The first-order valence-electron chi connectivity index (χ1n) is 7.74. The van der Waals surface area contributed by atoms with Crippen molar-refractivity contribution in [2.24, 2.45) is 11.8 Å². The number of halogens is 1. The fraction of sp³-hybridized carbons (Fsp3) is 1.00. The van der Waals surface area contributed by atoms with Crippen molar-refractivity contribution >= 4 is 22.4 Å². The first-order valence-corrected chi connectivity index (χ1v) is 9.35. The van der Waals surface area contributed by atoms with Gasteiger partial charge in [0.25, 0.3) is 0 Å². The molecule has 0 aromatic heterocycles. The summed E-state index contributed by atoms with van der Waals surface area (Å²) in [6.45, 7) is 2.52. The summed E-state index contributed by atoms with van der Waals surface area (Å²) in [6.07, 6.45) is 7.88. The van der Waals surface area contributed by atoms with E-state index in [1.807, 2.05) is 7.05 Å². The van der Waals surface area contributed by atoms with E-state index in [0.717, 1.165) is 38.9 Å². The number of hydrogen-bond acceptors (Lipinski definition) is 3. The molecule has 0 amide bonds. The van der Waals surface area contributed by atoms with Crippen LogP contribution in [0.4, 0.5) is 0 Å². The molecule has 1 heterocycles. The van der Waals surface area contributed by atoms with E-state index in [9.17, 15) is 8.42 Å². The largest absolute Gasteiger partial charge is 0.320 e. The fourth-order valence-corrected chi connectivity index (χ4v) is 4.71. The summed E-state index contributed by atoms with van der Waals surface area (Å²) in [7, 11) is -1.01. The van der Waals surface area contributed by atoms with Gasteiger partial charge in [-0.3, -0.25) is 0 Å². The number of nitrogens with zero attached hydrogens (tertiary/aromatic N) is 1. The summed E-state index contributed by atoms with van der Waals surface area (Å²) >= 11 is 0. The lowest BCUT2D eigenvalue weighted by Crippen LogP contribution is -2.40. The Kier molecular flexibility index (Phi) is 7.80. The van der Waals surface area contributed by atoms with Crippen molar-refractivity contribution in [3.8, 4) is 0 Å². The molecule has 2 aliphatic rings. The van der Waals surface area contributed by atoms with Crippen LogP contribution in [0.3, 0.4) is 0 Å². The van der Waals surface area contributed by atoms with Gasteiger partial charge in [0.1, 0.15) is 0 Å². The molecule has 1 saturated carbocycles. The molecule has 1 N–H and O–H groups in total. The Morgan fingerprint density at radius 2 is 1.65 bits per heavy atom. The zero-order chi connectivity index (χ0) is 13.7. The zero-order valence-electron chi connectivity index (χ0n) is 12.5. The van der Waals surface area contributed by atoms with Crippen LogP contribution >= 0.6 is 12.4 Å². The minimum atomic E-state index is -2.98. The SMILES string of the molecule is CNCCC1CCN(S(=O)(=O)CCC2CCC2)CC1.Cl. The topological polar surface area (TPSA) is 49.4 Å². The lowest BCUT2D eigenvalue weighted by Gasteiger charge is -2.32. The Morgan fingerprint density at radius 1 is 1.05 bits per heavy atom. The van der Waals surface area contributed by atoms with Crippen molar-refractivity contribution in [1.82, 2.24) is 9.62 Å². The zero-order valence-corrected chi connectivity index (χ0v) is 14.1. The molecular weight excluding hydrogens is 296 g/mol. The molecule has 1 aliphatic carbocycles. The molecule has 6 heteroatoms. The Labute approximate surface area is 130 Å². The molecule has 0 spiro atoms. The van der Waals surface area contributed by atoms with Gasteiger partial charge in [0, 0.05) is 13.1 Å².